The van der Waals surface area contributed by atoms with Crippen LogP contribution in [0, 0.1) is 17.8 Å². The number of pyridine rings is 1. The molecule has 1 unspecified atom stereocenters. The first-order valence-corrected chi connectivity index (χ1v) is 12.1. The van der Waals surface area contributed by atoms with Crippen LogP contribution in [0.5, 0.6) is 5.75 Å². The Bertz CT molecular complexity index is 1140. The smallest absolute Gasteiger partial charge is 0.402 e. The highest BCUT2D eigenvalue weighted by atomic mass is 19.4. The van der Waals surface area contributed by atoms with Crippen LogP contribution in [0.25, 0.3) is 11.3 Å². The number of ether oxygens (including phenoxy) is 1. The summed E-state index contributed by atoms with van der Waals surface area (Å²) in [6.07, 6.45) is -1.17. The van der Waals surface area contributed by atoms with Crippen molar-refractivity contribution in [2.24, 2.45) is 17.8 Å². The fourth-order valence-electron chi connectivity index (χ4n) is 6.21. The largest absolute Gasteiger partial charge is 0.573 e. The van der Waals surface area contributed by atoms with E-state index < -0.39 is 17.7 Å². The van der Waals surface area contributed by atoms with Crippen molar-refractivity contribution in [1.82, 2.24) is 19.9 Å². The highest BCUT2D eigenvalue weighted by Gasteiger charge is 2.57. The van der Waals surface area contributed by atoms with E-state index in [-0.39, 0.29) is 11.7 Å². The molecule has 2 aromatic heterocycles. The first kappa shape index (κ1) is 22.8. The standard InChI is InChI=1S/C24H29F3N6O2/c1-23(2,34)11-32-9-15-16(10-32)20(15)18-6-17(30-22(31-18)33-8-12-3-14(33)4-12)13-5-19(21(28)29-7-13)35-24(25,26)27/h5-7,12,14-16,20,34H,3-4,8-11H2,1-2H3,(H2,28,29)/t12?,14?,15-,16+,20?. The number of likely N-dealkylation sites (tertiary alicyclic amines) is 1. The summed E-state index contributed by atoms with van der Waals surface area (Å²) in [6, 6.07) is 3.55. The van der Waals surface area contributed by atoms with Crippen LogP contribution in [-0.4, -0.2) is 69.1 Å². The Morgan fingerprint density at radius 3 is 2.43 bits per heavy atom. The number of nitrogens with zero attached hydrogens (tertiary/aromatic N) is 5. The molecule has 3 saturated heterocycles. The number of nitrogens with two attached hydrogens (primary N) is 1. The van der Waals surface area contributed by atoms with Crippen LogP contribution in [0.3, 0.4) is 0 Å². The minimum Gasteiger partial charge on any atom is -0.402 e. The second kappa shape index (κ2) is 7.67. The first-order chi connectivity index (χ1) is 16.4. The van der Waals surface area contributed by atoms with Gasteiger partial charge in [-0.05, 0) is 56.6 Å². The Morgan fingerprint density at radius 2 is 1.83 bits per heavy atom. The molecule has 11 heteroatoms. The number of aliphatic hydroxyl groups is 1. The third-order valence-corrected chi connectivity index (χ3v) is 7.72. The van der Waals surface area contributed by atoms with Gasteiger partial charge in [0, 0.05) is 49.9 Å². The van der Waals surface area contributed by atoms with Crippen LogP contribution >= 0.6 is 0 Å². The van der Waals surface area contributed by atoms with E-state index in [0.29, 0.717) is 47.5 Å². The lowest BCUT2D eigenvalue weighted by atomic mass is 9.86. The van der Waals surface area contributed by atoms with Crippen molar-refractivity contribution < 1.29 is 23.0 Å². The van der Waals surface area contributed by atoms with Gasteiger partial charge in [0.05, 0.1) is 17.0 Å². The van der Waals surface area contributed by atoms with Crippen molar-refractivity contribution in [3.05, 3.63) is 24.0 Å². The van der Waals surface area contributed by atoms with Crippen molar-refractivity contribution in [3.63, 3.8) is 0 Å². The molecule has 8 nitrogen and oxygen atoms in total. The van der Waals surface area contributed by atoms with Gasteiger partial charge in [-0.25, -0.2) is 15.0 Å². The molecule has 5 heterocycles. The fourth-order valence-corrected chi connectivity index (χ4v) is 6.21. The molecule has 5 aliphatic rings. The number of β-amino-alcohol motifs (C(OH)–C–C–N with tert-alkyl or cyclic N) is 1. The van der Waals surface area contributed by atoms with Crippen LogP contribution in [0.4, 0.5) is 24.9 Å². The summed E-state index contributed by atoms with van der Waals surface area (Å²) in [4.78, 5) is 18.1. The molecule has 2 aliphatic carbocycles. The molecule has 35 heavy (non-hydrogen) atoms. The molecule has 2 aromatic rings. The summed E-state index contributed by atoms with van der Waals surface area (Å²) in [6.45, 7) is 6.96. The Balaban J connectivity index is 1.31. The monoisotopic (exact) mass is 490 g/mol. The number of anilines is 2. The quantitative estimate of drug-likeness (QED) is 0.638. The molecule has 0 radical (unpaired) electrons. The Kier molecular flexibility index (Phi) is 4.99. The van der Waals surface area contributed by atoms with Gasteiger partial charge in [-0.2, -0.15) is 0 Å². The molecule has 188 valence electrons. The molecule has 3 aliphatic heterocycles. The summed E-state index contributed by atoms with van der Waals surface area (Å²) in [5.41, 5.74) is 6.74. The minimum absolute atomic E-state index is 0.277. The van der Waals surface area contributed by atoms with Gasteiger partial charge < -0.3 is 20.5 Å². The molecule has 3 N–H and O–H groups in total. The number of rotatable bonds is 6. The summed E-state index contributed by atoms with van der Waals surface area (Å²) in [7, 11) is 0. The zero-order valence-corrected chi connectivity index (χ0v) is 19.7. The van der Waals surface area contributed by atoms with Gasteiger partial charge in [-0.15, -0.1) is 13.2 Å². The summed E-state index contributed by atoms with van der Waals surface area (Å²) >= 11 is 0. The average molecular weight is 491 g/mol. The van der Waals surface area contributed by atoms with Crippen LogP contribution < -0.4 is 15.4 Å². The van der Waals surface area contributed by atoms with E-state index in [1.807, 2.05) is 19.9 Å². The number of halogens is 3. The predicted octanol–water partition coefficient (Wildman–Crippen LogP) is 3.03. The third-order valence-electron chi connectivity index (χ3n) is 7.72. The summed E-state index contributed by atoms with van der Waals surface area (Å²) in [5.74, 6) is 1.61. The highest BCUT2D eigenvalue weighted by Crippen LogP contribution is 2.58. The Labute approximate surface area is 201 Å². The molecule has 2 saturated carbocycles. The summed E-state index contributed by atoms with van der Waals surface area (Å²) in [5, 5.41) is 10.2. The van der Waals surface area contributed by atoms with E-state index in [0.717, 1.165) is 38.2 Å². The van der Waals surface area contributed by atoms with E-state index in [1.54, 1.807) is 0 Å². The van der Waals surface area contributed by atoms with E-state index in [2.05, 4.69) is 19.5 Å². The molecule has 0 aromatic carbocycles. The Morgan fingerprint density at radius 1 is 1.11 bits per heavy atom. The first-order valence-electron chi connectivity index (χ1n) is 12.1. The minimum atomic E-state index is -4.87. The number of nitrogen functional groups attached to an aromatic ring is 1. The topological polar surface area (TPSA) is 101 Å². The van der Waals surface area contributed by atoms with Gasteiger partial charge in [-0.1, -0.05) is 0 Å². The van der Waals surface area contributed by atoms with E-state index >= 15 is 0 Å². The van der Waals surface area contributed by atoms with Gasteiger partial charge in [0.25, 0.3) is 0 Å². The maximum Gasteiger partial charge on any atom is 0.573 e. The number of piperidine rings is 1. The van der Waals surface area contributed by atoms with Crippen molar-refractivity contribution in [3.8, 4) is 17.0 Å². The molecule has 5 fully saturated rings. The SMILES string of the molecule is CC(C)(O)CN1C[C@@H]2C(c3cc(-c4cnc(N)c(OC(F)(F)F)c4)nc(N4CC5CC4C5)n3)[C@@H]2C1. The molecule has 7 rings (SSSR count). The number of fused-ring (bicyclic) bond motifs is 2. The second-order valence-electron chi connectivity index (χ2n) is 11.1. The highest BCUT2D eigenvalue weighted by molar-refractivity contribution is 5.66. The molecule has 0 amide bonds. The fraction of sp³-hybridized carbons (Fsp3) is 0.625. The van der Waals surface area contributed by atoms with Gasteiger partial charge in [0.1, 0.15) is 0 Å². The van der Waals surface area contributed by atoms with Crippen LogP contribution in [0.1, 0.15) is 38.3 Å². The number of alkyl halides is 3. The van der Waals surface area contributed by atoms with Crippen LogP contribution in [0.15, 0.2) is 18.3 Å². The van der Waals surface area contributed by atoms with Gasteiger partial charge in [0.15, 0.2) is 11.6 Å². The summed E-state index contributed by atoms with van der Waals surface area (Å²) < 4.78 is 42.7. The molecule has 2 bridgehead atoms. The van der Waals surface area contributed by atoms with Crippen LogP contribution in [-0.2, 0) is 0 Å². The number of aromatic nitrogens is 3. The predicted molar refractivity (Wildman–Crippen MR) is 123 cm³/mol. The number of hydrogen-bond donors (Lipinski definition) is 2. The Hall–Kier alpha value is -2.66. The lowest BCUT2D eigenvalue weighted by Gasteiger charge is -2.27. The molecule has 0 spiro atoms. The van der Waals surface area contributed by atoms with Crippen LogP contribution in [0.2, 0.25) is 0 Å². The third kappa shape index (κ3) is 4.40. The lowest BCUT2D eigenvalue weighted by Crippen LogP contribution is -2.38. The zero-order valence-electron chi connectivity index (χ0n) is 19.7. The van der Waals surface area contributed by atoms with E-state index in [1.165, 1.54) is 12.3 Å². The molecular weight excluding hydrogens is 461 g/mol. The maximum atomic E-state index is 12.9. The van der Waals surface area contributed by atoms with Gasteiger partial charge in [0.2, 0.25) is 5.95 Å². The second-order valence-corrected chi connectivity index (χ2v) is 11.1. The molecule has 3 atom stereocenters. The van der Waals surface area contributed by atoms with Gasteiger partial charge >= 0.3 is 6.36 Å². The van der Waals surface area contributed by atoms with E-state index in [4.69, 9.17) is 15.7 Å². The normalized spacial score (nSPS) is 29.8. The van der Waals surface area contributed by atoms with E-state index in [9.17, 15) is 18.3 Å². The van der Waals surface area contributed by atoms with Crippen molar-refractivity contribution in [2.75, 3.05) is 36.8 Å². The van der Waals surface area contributed by atoms with Crippen molar-refractivity contribution in [2.45, 2.75) is 50.6 Å². The van der Waals surface area contributed by atoms with Gasteiger partial charge in [-0.3, -0.25) is 4.90 Å². The van der Waals surface area contributed by atoms with Crippen molar-refractivity contribution in [1.29, 1.82) is 0 Å². The zero-order chi connectivity index (χ0) is 24.7. The maximum absolute atomic E-state index is 12.9. The number of hydrogen-bond acceptors (Lipinski definition) is 8. The average Bonchev–Trinajstić information content (AvgIpc) is 3.10. The van der Waals surface area contributed by atoms with Crippen molar-refractivity contribution >= 4 is 11.8 Å². The molecular formula is C24H29F3N6O2. The lowest BCUT2D eigenvalue weighted by molar-refractivity contribution is -0.274.